The molecular weight excluding hydrogens is 648 g/mol. The number of aliphatic hydroxyl groups is 3. The van der Waals surface area contributed by atoms with Crippen molar-refractivity contribution in [2.75, 3.05) is 85.9 Å². The van der Waals surface area contributed by atoms with Gasteiger partial charge in [-0.1, -0.05) is 76.2 Å². The predicted octanol–water partition coefficient (Wildman–Crippen LogP) is 3.57. The Labute approximate surface area is 297 Å². The maximum atomic E-state index is 10.3. The molecule has 1 heterocycles. The van der Waals surface area contributed by atoms with E-state index in [0.717, 1.165) is 11.1 Å². The number of hydrogen-bond donors (Lipinski definition) is 3. The molecule has 3 N–H and O–H groups in total. The minimum absolute atomic E-state index is 0.00975. The van der Waals surface area contributed by atoms with Crippen molar-refractivity contribution in [3.8, 4) is 0 Å². The molecule has 0 aliphatic carbocycles. The lowest BCUT2D eigenvalue weighted by Gasteiger charge is -2.40. The van der Waals surface area contributed by atoms with Gasteiger partial charge in [0.15, 0.2) is 6.29 Å². The Balaban J connectivity index is 1.12. The van der Waals surface area contributed by atoms with E-state index in [-0.39, 0.29) is 26.4 Å². The van der Waals surface area contributed by atoms with Crippen molar-refractivity contribution in [3.63, 3.8) is 0 Å². The molecule has 1 fully saturated rings. The molecule has 0 spiro atoms. The lowest BCUT2D eigenvalue weighted by Crippen LogP contribution is -2.59. The lowest BCUT2D eigenvalue weighted by molar-refractivity contribution is -0.304. The quantitative estimate of drug-likeness (QED) is 0.117. The molecule has 5 unspecified atom stereocenters. The van der Waals surface area contributed by atoms with Gasteiger partial charge in [0, 0.05) is 0 Å². The Morgan fingerprint density at radius 3 is 1.28 bits per heavy atom. The van der Waals surface area contributed by atoms with Gasteiger partial charge in [-0.05, 0) is 34.1 Å². The van der Waals surface area contributed by atoms with Gasteiger partial charge in [0.2, 0.25) is 0 Å². The van der Waals surface area contributed by atoms with Crippen LogP contribution < -0.4 is 0 Å². The molecule has 0 bridgehead atoms. The third-order valence-corrected chi connectivity index (χ3v) is 8.15. The molecule has 12 heteroatoms. The fourth-order valence-corrected chi connectivity index (χ4v) is 4.99. The SMILES string of the molecule is CC(C)c1ccc(COCCOCCOCCOCC2OC(OCCOCCOCCOCc3ccc(C(C)C)cc3)C(O)C(O)C2O)cc1. The second-order valence-electron chi connectivity index (χ2n) is 12.8. The van der Waals surface area contributed by atoms with Crippen molar-refractivity contribution in [2.24, 2.45) is 0 Å². The molecule has 2 aromatic rings. The Kier molecular flexibility index (Phi) is 21.2. The van der Waals surface area contributed by atoms with E-state index in [0.29, 0.717) is 84.5 Å². The van der Waals surface area contributed by atoms with Gasteiger partial charge in [-0.15, -0.1) is 0 Å². The predicted molar refractivity (Wildman–Crippen MR) is 187 cm³/mol. The molecular formula is C38H60O12. The molecule has 0 radical (unpaired) electrons. The van der Waals surface area contributed by atoms with Gasteiger partial charge in [-0.25, -0.2) is 0 Å². The van der Waals surface area contributed by atoms with E-state index in [4.69, 9.17) is 42.6 Å². The van der Waals surface area contributed by atoms with E-state index in [1.165, 1.54) is 11.1 Å². The van der Waals surface area contributed by atoms with Crippen LogP contribution in [0.25, 0.3) is 0 Å². The van der Waals surface area contributed by atoms with Crippen molar-refractivity contribution in [2.45, 2.75) is 83.5 Å². The molecule has 0 amide bonds. The number of aliphatic hydroxyl groups excluding tert-OH is 3. The second-order valence-corrected chi connectivity index (χ2v) is 12.8. The fourth-order valence-electron chi connectivity index (χ4n) is 4.99. The normalized spacial score (nSPS) is 21.0. The summed E-state index contributed by atoms with van der Waals surface area (Å²) in [5, 5.41) is 30.9. The maximum absolute atomic E-state index is 10.3. The van der Waals surface area contributed by atoms with E-state index in [1.807, 2.05) is 0 Å². The highest BCUT2D eigenvalue weighted by molar-refractivity contribution is 5.25. The first-order chi connectivity index (χ1) is 24.3. The third-order valence-electron chi connectivity index (χ3n) is 8.15. The highest BCUT2D eigenvalue weighted by atomic mass is 16.7. The smallest absolute Gasteiger partial charge is 0.186 e. The van der Waals surface area contributed by atoms with E-state index in [2.05, 4.69) is 76.2 Å². The molecule has 3 rings (SSSR count). The van der Waals surface area contributed by atoms with Crippen LogP contribution in [0.2, 0.25) is 0 Å². The van der Waals surface area contributed by atoms with Gasteiger partial charge >= 0.3 is 0 Å². The number of ether oxygens (including phenoxy) is 9. The monoisotopic (exact) mass is 708 g/mol. The number of rotatable bonds is 27. The zero-order valence-electron chi connectivity index (χ0n) is 30.3. The van der Waals surface area contributed by atoms with Crippen molar-refractivity contribution < 1.29 is 58.0 Å². The van der Waals surface area contributed by atoms with Gasteiger partial charge < -0.3 is 58.0 Å². The molecule has 2 aromatic carbocycles. The van der Waals surface area contributed by atoms with Crippen molar-refractivity contribution in [1.29, 1.82) is 0 Å². The fraction of sp³-hybridized carbons (Fsp3) is 0.684. The Hall–Kier alpha value is -2.04. The topological polar surface area (TPSA) is 144 Å². The van der Waals surface area contributed by atoms with Crippen molar-refractivity contribution >= 4 is 0 Å². The summed E-state index contributed by atoms with van der Waals surface area (Å²) >= 11 is 0. The average Bonchev–Trinajstić information content (AvgIpc) is 3.11. The first kappa shape index (κ1) is 42.4. The molecule has 0 aromatic heterocycles. The van der Waals surface area contributed by atoms with E-state index < -0.39 is 30.7 Å². The van der Waals surface area contributed by atoms with E-state index in [9.17, 15) is 15.3 Å². The first-order valence-electron chi connectivity index (χ1n) is 17.8. The van der Waals surface area contributed by atoms with Crippen LogP contribution in [-0.2, 0) is 55.8 Å². The second kappa shape index (κ2) is 25.0. The van der Waals surface area contributed by atoms with Crippen LogP contribution in [0.3, 0.4) is 0 Å². The summed E-state index contributed by atoms with van der Waals surface area (Å²) in [5.74, 6) is 1.02. The van der Waals surface area contributed by atoms with Gasteiger partial charge in [0.05, 0.1) is 99.1 Å². The third kappa shape index (κ3) is 16.5. The first-order valence-corrected chi connectivity index (χ1v) is 17.8. The van der Waals surface area contributed by atoms with Crippen LogP contribution in [0.4, 0.5) is 0 Å². The zero-order chi connectivity index (χ0) is 36.0. The molecule has 1 aliphatic heterocycles. The van der Waals surface area contributed by atoms with Crippen LogP contribution >= 0.6 is 0 Å². The molecule has 284 valence electrons. The van der Waals surface area contributed by atoms with Gasteiger partial charge in [0.1, 0.15) is 24.4 Å². The van der Waals surface area contributed by atoms with E-state index >= 15 is 0 Å². The summed E-state index contributed by atoms with van der Waals surface area (Å²) in [6.07, 6.45) is -6.21. The number of benzene rings is 2. The molecule has 0 saturated carbocycles. The maximum Gasteiger partial charge on any atom is 0.186 e. The van der Waals surface area contributed by atoms with Gasteiger partial charge in [-0.3, -0.25) is 0 Å². The summed E-state index contributed by atoms with van der Waals surface area (Å²) in [6, 6.07) is 16.9. The zero-order valence-corrected chi connectivity index (χ0v) is 30.3. The van der Waals surface area contributed by atoms with Crippen LogP contribution in [0.1, 0.15) is 61.8 Å². The van der Waals surface area contributed by atoms with Gasteiger partial charge in [0.25, 0.3) is 0 Å². The Morgan fingerprint density at radius 2 is 0.860 bits per heavy atom. The highest BCUT2D eigenvalue weighted by Gasteiger charge is 2.44. The standard InChI is InChI=1S/C38H60O12/c1-28(2)32-9-5-30(6-10-32)25-46-20-17-42-13-14-44-19-22-48-27-34-35(39)36(40)37(41)38(50-34)49-24-23-45-16-15-43-18-21-47-26-31-7-11-33(12-8-31)29(3)4/h5-12,28-29,34-41H,13-27H2,1-4H3. The molecule has 50 heavy (non-hydrogen) atoms. The molecule has 1 saturated heterocycles. The van der Waals surface area contributed by atoms with Crippen LogP contribution in [0.5, 0.6) is 0 Å². The van der Waals surface area contributed by atoms with E-state index in [1.54, 1.807) is 0 Å². The minimum atomic E-state index is -1.44. The van der Waals surface area contributed by atoms with Gasteiger partial charge in [-0.2, -0.15) is 0 Å². The molecule has 5 atom stereocenters. The highest BCUT2D eigenvalue weighted by Crippen LogP contribution is 2.22. The largest absolute Gasteiger partial charge is 0.387 e. The summed E-state index contributed by atoms with van der Waals surface area (Å²) in [4.78, 5) is 0. The van der Waals surface area contributed by atoms with Crippen molar-refractivity contribution in [1.82, 2.24) is 0 Å². The van der Waals surface area contributed by atoms with Crippen molar-refractivity contribution in [3.05, 3.63) is 70.8 Å². The summed E-state index contributed by atoms with van der Waals surface area (Å²) in [6.45, 7) is 14.2. The number of hydrogen-bond acceptors (Lipinski definition) is 12. The lowest BCUT2D eigenvalue weighted by atomic mass is 9.99. The minimum Gasteiger partial charge on any atom is -0.387 e. The summed E-state index contributed by atoms with van der Waals surface area (Å²) in [5.41, 5.74) is 4.89. The van der Waals surface area contributed by atoms with Crippen LogP contribution in [0.15, 0.2) is 48.5 Å². The Bertz CT molecular complexity index is 1110. The summed E-state index contributed by atoms with van der Waals surface area (Å²) in [7, 11) is 0. The average molecular weight is 709 g/mol. The van der Waals surface area contributed by atoms with Crippen LogP contribution in [0, 0.1) is 0 Å². The summed E-state index contributed by atoms with van der Waals surface area (Å²) < 4.78 is 50.3. The molecule has 1 aliphatic rings. The van der Waals surface area contributed by atoms with Crippen LogP contribution in [-0.4, -0.2) is 132 Å². The Morgan fingerprint density at radius 1 is 0.480 bits per heavy atom. The molecule has 12 nitrogen and oxygen atoms in total.